The molecule has 0 N–H and O–H groups in total. The zero-order valence-electron chi connectivity index (χ0n) is 48.3. The van der Waals surface area contributed by atoms with Gasteiger partial charge >= 0.3 is 17.9 Å². The normalized spacial score (nSPS) is 12.9. The molecule has 0 aliphatic carbocycles. The predicted octanol–water partition coefficient (Wildman–Crippen LogP) is 21.0. The number of unbranched alkanes of at least 4 members (excludes halogenated alkanes) is 26. The highest BCUT2D eigenvalue weighted by Gasteiger charge is 2.19. The summed E-state index contributed by atoms with van der Waals surface area (Å²) in [6.07, 6.45) is 83.6. The van der Waals surface area contributed by atoms with E-state index in [0.717, 1.165) is 135 Å². The van der Waals surface area contributed by atoms with Gasteiger partial charge in [-0.05, 0) is 122 Å². The minimum atomic E-state index is -0.795. The molecule has 422 valence electrons. The minimum Gasteiger partial charge on any atom is -0.462 e. The van der Waals surface area contributed by atoms with E-state index in [1.807, 2.05) is 0 Å². The topological polar surface area (TPSA) is 78.9 Å². The molecule has 0 saturated carbocycles. The summed E-state index contributed by atoms with van der Waals surface area (Å²) >= 11 is 0. The Morgan fingerprint density at radius 1 is 0.284 bits per heavy atom. The van der Waals surface area contributed by atoms with Gasteiger partial charge < -0.3 is 14.2 Å². The van der Waals surface area contributed by atoms with Crippen molar-refractivity contribution < 1.29 is 28.6 Å². The molecule has 0 aliphatic heterocycles. The molecule has 0 saturated heterocycles. The summed E-state index contributed by atoms with van der Waals surface area (Å²) in [7, 11) is 0. The number of carbonyl (C=O) groups is 3. The fraction of sp³-hybridized carbons (Fsp3) is 0.691. The Labute approximate surface area is 457 Å². The zero-order chi connectivity index (χ0) is 53.6. The monoisotopic (exact) mass is 1030 g/mol. The number of carbonyl (C=O) groups excluding carboxylic acids is 3. The highest BCUT2D eigenvalue weighted by Crippen LogP contribution is 2.15. The molecule has 0 radical (unpaired) electrons. The van der Waals surface area contributed by atoms with Crippen LogP contribution in [0.15, 0.2) is 109 Å². The lowest BCUT2D eigenvalue weighted by atomic mass is 10.1. The third kappa shape index (κ3) is 59.0. The number of rotatable bonds is 55. The first-order valence-electron chi connectivity index (χ1n) is 30.9. The number of hydrogen-bond acceptors (Lipinski definition) is 6. The van der Waals surface area contributed by atoms with Crippen LogP contribution in [-0.4, -0.2) is 37.2 Å². The van der Waals surface area contributed by atoms with E-state index >= 15 is 0 Å². The molecule has 1 atom stereocenters. The van der Waals surface area contributed by atoms with Gasteiger partial charge in [0.25, 0.3) is 0 Å². The van der Waals surface area contributed by atoms with E-state index in [1.54, 1.807) is 0 Å². The van der Waals surface area contributed by atoms with Crippen molar-refractivity contribution in [3.8, 4) is 0 Å². The summed E-state index contributed by atoms with van der Waals surface area (Å²) in [6.45, 7) is 6.47. The number of esters is 3. The van der Waals surface area contributed by atoms with Gasteiger partial charge in [0.2, 0.25) is 0 Å². The number of hydrogen-bond donors (Lipinski definition) is 0. The first kappa shape index (κ1) is 70.1. The summed E-state index contributed by atoms with van der Waals surface area (Å²) in [5.74, 6) is -0.920. The molecule has 74 heavy (non-hydrogen) atoms. The standard InChI is InChI=1S/C68H114O6/c1-4-7-10-13-16-19-22-25-28-30-31-32-33-34-35-36-37-39-40-43-46-49-52-55-58-61-67(70)73-64-65(63-72-66(69)60-57-54-51-48-45-42-27-24-21-18-15-12-9-6-3)74-68(71)62-59-56-53-50-47-44-41-38-29-26-23-20-17-14-11-8-5-2/h7,10,15-16,18-19,24-29,31-32,34-35,37,39,65H,4-6,8-9,11-14,17,20-23,30,33,36,38,40-64H2,1-3H3/b10-7-,18-15-,19-16-,27-24-,28-25-,29-26-,32-31-,35-34-,39-37-. The van der Waals surface area contributed by atoms with Gasteiger partial charge in [-0.1, -0.05) is 252 Å². The van der Waals surface area contributed by atoms with Gasteiger partial charge in [-0.2, -0.15) is 0 Å². The maximum Gasteiger partial charge on any atom is 0.306 e. The van der Waals surface area contributed by atoms with E-state index in [4.69, 9.17) is 14.2 Å². The summed E-state index contributed by atoms with van der Waals surface area (Å²) in [4.78, 5) is 38.3. The Bertz CT molecular complexity index is 1510. The van der Waals surface area contributed by atoms with Crippen LogP contribution in [0.2, 0.25) is 0 Å². The summed E-state index contributed by atoms with van der Waals surface area (Å²) in [5.41, 5.74) is 0. The SMILES string of the molecule is CC/C=C\C/C=C\C/C=C\C/C=C\C/C=C\C/C=C\CCCCCCCCC(=O)OCC(COC(=O)CCCCCCC/C=C\C/C=C\CCCC)OC(=O)CCCCCCCCC/C=C\CCCCCCCC. The average Bonchev–Trinajstić information content (AvgIpc) is 3.40. The lowest BCUT2D eigenvalue weighted by Gasteiger charge is -2.18. The van der Waals surface area contributed by atoms with Crippen LogP contribution in [0.4, 0.5) is 0 Å². The highest BCUT2D eigenvalue weighted by molar-refractivity contribution is 5.71. The zero-order valence-corrected chi connectivity index (χ0v) is 48.3. The third-order valence-corrected chi connectivity index (χ3v) is 13.0. The molecule has 0 spiro atoms. The minimum absolute atomic E-state index is 0.0925. The van der Waals surface area contributed by atoms with E-state index in [0.29, 0.717) is 19.3 Å². The molecule has 0 fully saturated rings. The third-order valence-electron chi connectivity index (χ3n) is 13.0. The van der Waals surface area contributed by atoms with Crippen LogP contribution >= 0.6 is 0 Å². The van der Waals surface area contributed by atoms with Crippen LogP contribution in [0.5, 0.6) is 0 Å². The van der Waals surface area contributed by atoms with Crippen molar-refractivity contribution in [3.05, 3.63) is 109 Å². The fourth-order valence-electron chi connectivity index (χ4n) is 8.34. The molecule has 0 amide bonds. The molecular weight excluding hydrogens is 913 g/mol. The lowest BCUT2D eigenvalue weighted by Crippen LogP contribution is -2.30. The number of ether oxygens (including phenoxy) is 3. The molecule has 1 unspecified atom stereocenters. The van der Waals surface area contributed by atoms with Crippen molar-refractivity contribution >= 4 is 17.9 Å². The van der Waals surface area contributed by atoms with E-state index in [2.05, 4.69) is 130 Å². The fourth-order valence-corrected chi connectivity index (χ4v) is 8.34. The second kappa shape index (κ2) is 61.6. The van der Waals surface area contributed by atoms with Crippen LogP contribution in [0.1, 0.15) is 284 Å². The van der Waals surface area contributed by atoms with E-state index in [1.165, 1.54) is 109 Å². The van der Waals surface area contributed by atoms with Crippen LogP contribution in [0.25, 0.3) is 0 Å². The largest absolute Gasteiger partial charge is 0.462 e. The maximum atomic E-state index is 12.9. The lowest BCUT2D eigenvalue weighted by molar-refractivity contribution is -0.167. The van der Waals surface area contributed by atoms with Crippen molar-refractivity contribution in [2.24, 2.45) is 0 Å². The summed E-state index contributed by atoms with van der Waals surface area (Å²) in [6, 6.07) is 0. The molecule has 6 heteroatoms. The molecule has 0 aromatic carbocycles. The molecule has 0 aromatic heterocycles. The van der Waals surface area contributed by atoms with Crippen molar-refractivity contribution in [3.63, 3.8) is 0 Å². The summed E-state index contributed by atoms with van der Waals surface area (Å²) < 4.78 is 16.9. The van der Waals surface area contributed by atoms with Crippen LogP contribution in [0.3, 0.4) is 0 Å². The average molecular weight is 1030 g/mol. The Morgan fingerprint density at radius 3 is 0.878 bits per heavy atom. The maximum absolute atomic E-state index is 12.9. The van der Waals surface area contributed by atoms with Crippen molar-refractivity contribution in [2.45, 2.75) is 290 Å². The highest BCUT2D eigenvalue weighted by atomic mass is 16.6. The molecule has 6 nitrogen and oxygen atoms in total. The first-order valence-corrected chi connectivity index (χ1v) is 30.9. The van der Waals surface area contributed by atoms with E-state index < -0.39 is 6.10 Å². The molecule has 0 heterocycles. The van der Waals surface area contributed by atoms with Gasteiger partial charge in [-0.3, -0.25) is 14.4 Å². The van der Waals surface area contributed by atoms with Crippen molar-refractivity contribution in [2.75, 3.05) is 13.2 Å². The Kier molecular flexibility index (Phi) is 58.3. The Hall–Kier alpha value is -3.93. The van der Waals surface area contributed by atoms with Gasteiger partial charge in [0.05, 0.1) is 0 Å². The van der Waals surface area contributed by atoms with Crippen LogP contribution in [0, 0.1) is 0 Å². The van der Waals surface area contributed by atoms with Gasteiger partial charge in [0.15, 0.2) is 6.10 Å². The second-order valence-corrected chi connectivity index (χ2v) is 20.2. The van der Waals surface area contributed by atoms with Crippen LogP contribution < -0.4 is 0 Å². The van der Waals surface area contributed by atoms with E-state index in [9.17, 15) is 14.4 Å². The van der Waals surface area contributed by atoms with Crippen molar-refractivity contribution in [1.82, 2.24) is 0 Å². The van der Waals surface area contributed by atoms with Gasteiger partial charge in [-0.25, -0.2) is 0 Å². The molecule has 0 aliphatic rings. The smallest absolute Gasteiger partial charge is 0.306 e. The molecular formula is C68H114O6. The van der Waals surface area contributed by atoms with E-state index in [-0.39, 0.29) is 31.1 Å². The first-order chi connectivity index (χ1) is 36.5. The molecule has 0 bridgehead atoms. The summed E-state index contributed by atoms with van der Waals surface area (Å²) in [5, 5.41) is 0. The van der Waals surface area contributed by atoms with Gasteiger partial charge in [-0.15, -0.1) is 0 Å². The Morgan fingerprint density at radius 2 is 0.541 bits per heavy atom. The van der Waals surface area contributed by atoms with Gasteiger partial charge in [0, 0.05) is 19.3 Å². The van der Waals surface area contributed by atoms with Gasteiger partial charge in [0.1, 0.15) is 13.2 Å². The van der Waals surface area contributed by atoms with Crippen LogP contribution in [-0.2, 0) is 28.6 Å². The molecule has 0 aromatic rings. The Balaban J connectivity index is 4.40. The quantitative estimate of drug-likeness (QED) is 0.0261. The second-order valence-electron chi connectivity index (χ2n) is 20.2. The predicted molar refractivity (Wildman–Crippen MR) is 320 cm³/mol. The molecule has 0 rings (SSSR count). The number of allylic oxidation sites excluding steroid dienone is 18. The van der Waals surface area contributed by atoms with Crippen molar-refractivity contribution in [1.29, 1.82) is 0 Å².